The van der Waals surface area contributed by atoms with Crippen molar-refractivity contribution in [1.82, 2.24) is 5.32 Å². The van der Waals surface area contributed by atoms with E-state index in [2.05, 4.69) is 30.4 Å². The van der Waals surface area contributed by atoms with Crippen LogP contribution in [0.2, 0.25) is 0 Å². The molecule has 0 radical (unpaired) electrons. The molecule has 3 rings (SSSR count). The Hall–Kier alpha value is -2.14. The normalized spacial score (nSPS) is 15.1. The van der Waals surface area contributed by atoms with E-state index in [0.29, 0.717) is 19.4 Å². The summed E-state index contributed by atoms with van der Waals surface area (Å²) in [5.74, 6) is -0.826. The lowest BCUT2D eigenvalue weighted by Crippen LogP contribution is -2.33. The van der Waals surface area contributed by atoms with Crippen LogP contribution in [-0.4, -0.2) is 25.3 Å². The number of amides is 1. The van der Waals surface area contributed by atoms with Gasteiger partial charge in [-0.2, -0.15) is 0 Å². The average Bonchev–Trinajstić information content (AvgIpc) is 3.16. The van der Waals surface area contributed by atoms with Crippen LogP contribution in [0.1, 0.15) is 36.8 Å². The fourth-order valence-electron chi connectivity index (χ4n) is 3.49. The number of hydrogen-bond donors (Lipinski definition) is 1. The van der Waals surface area contributed by atoms with E-state index in [1.807, 2.05) is 30.3 Å². The predicted molar refractivity (Wildman–Crippen MR) is 105 cm³/mol. The smallest absolute Gasteiger partial charge is 0.235 e. The van der Waals surface area contributed by atoms with Crippen molar-refractivity contribution in [3.63, 3.8) is 0 Å². The third-order valence-electron chi connectivity index (χ3n) is 4.91. The third kappa shape index (κ3) is 4.73. The third-order valence-corrected chi connectivity index (χ3v) is 7.06. The summed E-state index contributed by atoms with van der Waals surface area (Å²) < 4.78 is 24.5. The summed E-state index contributed by atoms with van der Waals surface area (Å²) in [6, 6.07) is 16.2. The van der Waals surface area contributed by atoms with Gasteiger partial charge in [0, 0.05) is 6.54 Å². The highest BCUT2D eigenvalue weighted by molar-refractivity contribution is 7.92. The highest BCUT2D eigenvalue weighted by atomic mass is 32.2. The van der Waals surface area contributed by atoms with Crippen molar-refractivity contribution in [2.45, 2.75) is 44.4 Å². The lowest BCUT2D eigenvalue weighted by Gasteiger charge is -2.11. The Kier molecular flexibility index (Phi) is 5.77. The van der Waals surface area contributed by atoms with Crippen molar-refractivity contribution >= 4 is 15.7 Å². The molecule has 1 N–H and O–H groups in total. The molecule has 1 saturated carbocycles. The number of hydrogen-bond acceptors (Lipinski definition) is 3. The van der Waals surface area contributed by atoms with Gasteiger partial charge in [0.15, 0.2) is 9.84 Å². The first-order chi connectivity index (χ1) is 12.4. The predicted octanol–water partition coefficient (Wildman–Crippen LogP) is 3.64. The molecule has 0 atom stereocenters. The Balaban J connectivity index is 1.61. The van der Waals surface area contributed by atoms with Gasteiger partial charge in [-0.15, -0.1) is 0 Å². The van der Waals surface area contributed by atoms with Crippen molar-refractivity contribution in [3.8, 4) is 11.1 Å². The zero-order valence-electron chi connectivity index (χ0n) is 15.1. The number of carbonyl (C=O) groups is 1. The lowest BCUT2D eigenvalue weighted by atomic mass is 10.0. The minimum atomic E-state index is -3.33. The quantitative estimate of drug-likeness (QED) is 0.843. The standard InChI is InChI=1S/C21H25NO3S/c1-16-6-4-8-18(12-16)19-9-5-7-17(13-19)14-22-21(23)15-26(24,25)20-10-2-3-11-20/h4-9,12-13,20H,2-3,10-11,14-15H2,1H3,(H,22,23). The summed E-state index contributed by atoms with van der Waals surface area (Å²) in [5.41, 5.74) is 4.36. The van der Waals surface area contributed by atoms with Crippen LogP contribution in [0.15, 0.2) is 48.5 Å². The molecule has 138 valence electrons. The molecule has 26 heavy (non-hydrogen) atoms. The molecule has 0 spiro atoms. The van der Waals surface area contributed by atoms with Crippen LogP contribution in [0.25, 0.3) is 11.1 Å². The molecule has 0 unspecified atom stereocenters. The van der Waals surface area contributed by atoms with Crippen molar-refractivity contribution < 1.29 is 13.2 Å². The van der Waals surface area contributed by atoms with Crippen molar-refractivity contribution in [2.75, 3.05) is 5.75 Å². The molecule has 2 aromatic carbocycles. The summed E-state index contributed by atoms with van der Waals surface area (Å²) in [6.45, 7) is 2.39. The first-order valence-corrected chi connectivity index (χ1v) is 10.8. The molecule has 4 nitrogen and oxygen atoms in total. The summed E-state index contributed by atoms with van der Waals surface area (Å²) >= 11 is 0. The van der Waals surface area contributed by atoms with Crippen molar-refractivity contribution in [2.24, 2.45) is 0 Å². The Morgan fingerprint density at radius 3 is 2.38 bits per heavy atom. The van der Waals surface area contributed by atoms with Crippen LogP contribution in [0.3, 0.4) is 0 Å². The highest BCUT2D eigenvalue weighted by Gasteiger charge is 2.30. The van der Waals surface area contributed by atoms with Gasteiger partial charge >= 0.3 is 0 Å². The number of carbonyl (C=O) groups excluding carboxylic acids is 1. The van der Waals surface area contributed by atoms with Gasteiger partial charge in [0.05, 0.1) is 5.25 Å². The number of benzene rings is 2. The van der Waals surface area contributed by atoms with E-state index in [1.54, 1.807) is 0 Å². The van der Waals surface area contributed by atoms with Crippen LogP contribution in [0.5, 0.6) is 0 Å². The first kappa shape index (κ1) is 18.6. The van der Waals surface area contributed by atoms with Crippen LogP contribution >= 0.6 is 0 Å². The Morgan fingerprint density at radius 1 is 1.04 bits per heavy atom. The fraction of sp³-hybridized carbons (Fsp3) is 0.381. The molecule has 1 amide bonds. The summed E-state index contributed by atoms with van der Waals surface area (Å²) in [6.07, 6.45) is 3.26. The van der Waals surface area contributed by atoms with Gasteiger partial charge in [0.1, 0.15) is 5.75 Å². The summed E-state index contributed by atoms with van der Waals surface area (Å²) in [5, 5.41) is 2.42. The van der Waals surface area contributed by atoms with E-state index in [9.17, 15) is 13.2 Å². The monoisotopic (exact) mass is 371 g/mol. The second-order valence-electron chi connectivity index (χ2n) is 7.06. The fourth-order valence-corrected chi connectivity index (χ4v) is 5.24. The van der Waals surface area contributed by atoms with Gasteiger partial charge in [-0.25, -0.2) is 8.42 Å². The van der Waals surface area contributed by atoms with Gasteiger partial charge < -0.3 is 5.32 Å². The van der Waals surface area contributed by atoms with E-state index < -0.39 is 21.5 Å². The topological polar surface area (TPSA) is 63.2 Å². The maximum absolute atomic E-state index is 12.3. The highest BCUT2D eigenvalue weighted by Crippen LogP contribution is 2.25. The Labute approximate surface area is 155 Å². The second kappa shape index (κ2) is 8.04. The number of sulfone groups is 1. The molecule has 0 aromatic heterocycles. The van der Waals surface area contributed by atoms with Gasteiger partial charge in [-0.3, -0.25) is 4.79 Å². The second-order valence-corrected chi connectivity index (χ2v) is 9.34. The Morgan fingerprint density at radius 2 is 1.69 bits per heavy atom. The van der Waals surface area contributed by atoms with Crippen LogP contribution in [-0.2, 0) is 21.2 Å². The molecule has 1 fully saturated rings. The molecular formula is C21H25NO3S. The van der Waals surface area contributed by atoms with E-state index in [0.717, 1.165) is 29.5 Å². The van der Waals surface area contributed by atoms with Crippen LogP contribution in [0.4, 0.5) is 0 Å². The molecule has 5 heteroatoms. The average molecular weight is 372 g/mol. The summed E-state index contributed by atoms with van der Waals surface area (Å²) in [4.78, 5) is 12.1. The minimum Gasteiger partial charge on any atom is -0.351 e. The summed E-state index contributed by atoms with van der Waals surface area (Å²) in [7, 11) is -3.33. The maximum atomic E-state index is 12.3. The van der Waals surface area contributed by atoms with E-state index >= 15 is 0 Å². The number of nitrogens with one attached hydrogen (secondary N) is 1. The van der Waals surface area contributed by atoms with E-state index in [4.69, 9.17) is 0 Å². The van der Waals surface area contributed by atoms with Crippen LogP contribution < -0.4 is 5.32 Å². The molecule has 1 aliphatic rings. The molecule has 0 heterocycles. The largest absolute Gasteiger partial charge is 0.351 e. The molecular weight excluding hydrogens is 346 g/mol. The zero-order valence-corrected chi connectivity index (χ0v) is 15.9. The number of rotatable bonds is 6. The Bertz CT molecular complexity index is 884. The van der Waals surface area contributed by atoms with Gasteiger partial charge in [-0.05, 0) is 42.5 Å². The first-order valence-electron chi connectivity index (χ1n) is 9.08. The van der Waals surface area contributed by atoms with Crippen molar-refractivity contribution in [3.05, 3.63) is 59.7 Å². The molecule has 2 aromatic rings. The molecule has 0 aliphatic heterocycles. The van der Waals surface area contributed by atoms with Crippen LogP contribution in [0, 0.1) is 6.92 Å². The molecule has 0 saturated heterocycles. The maximum Gasteiger partial charge on any atom is 0.235 e. The van der Waals surface area contributed by atoms with Gasteiger partial charge in [0.2, 0.25) is 5.91 Å². The van der Waals surface area contributed by atoms with Gasteiger partial charge in [-0.1, -0.05) is 60.9 Å². The lowest BCUT2D eigenvalue weighted by molar-refractivity contribution is -0.118. The molecule has 1 aliphatic carbocycles. The molecule has 0 bridgehead atoms. The SMILES string of the molecule is Cc1cccc(-c2cccc(CNC(=O)CS(=O)(=O)C3CCCC3)c2)c1. The van der Waals surface area contributed by atoms with Gasteiger partial charge in [0.25, 0.3) is 0 Å². The van der Waals surface area contributed by atoms with E-state index in [-0.39, 0.29) is 5.25 Å². The van der Waals surface area contributed by atoms with Crippen molar-refractivity contribution in [1.29, 1.82) is 0 Å². The van der Waals surface area contributed by atoms with E-state index in [1.165, 1.54) is 5.56 Å². The number of aryl methyl sites for hydroxylation is 1. The zero-order chi connectivity index (χ0) is 18.6. The minimum absolute atomic E-state index is 0.332.